The average Bonchev–Trinajstić information content (AvgIpc) is 3.24. The molecule has 1 amide bonds. The summed E-state index contributed by atoms with van der Waals surface area (Å²) in [5.41, 5.74) is 3.78. The van der Waals surface area contributed by atoms with E-state index in [9.17, 15) is 9.59 Å². The predicted molar refractivity (Wildman–Crippen MR) is 128 cm³/mol. The molecule has 0 fully saturated rings. The molecule has 0 atom stereocenters. The predicted octanol–water partition coefficient (Wildman–Crippen LogP) is 5.18. The number of rotatable bonds is 6. The summed E-state index contributed by atoms with van der Waals surface area (Å²) in [6.07, 6.45) is 2.59. The van der Waals surface area contributed by atoms with E-state index >= 15 is 0 Å². The number of fused-ring (bicyclic) bond motifs is 1. The van der Waals surface area contributed by atoms with Gasteiger partial charge in [0.05, 0.1) is 16.6 Å². The van der Waals surface area contributed by atoms with Gasteiger partial charge in [-0.15, -0.1) is 17.9 Å². The third kappa shape index (κ3) is 4.26. The normalized spacial score (nSPS) is 10.9. The molecule has 2 N–H and O–H groups in total. The molecule has 156 valence electrons. The molecule has 31 heavy (non-hydrogen) atoms. The van der Waals surface area contributed by atoms with Crippen LogP contribution in [0, 0.1) is 4.77 Å². The highest BCUT2D eigenvalue weighted by molar-refractivity contribution is 7.71. The lowest BCUT2D eigenvalue weighted by Crippen LogP contribution is -2.22. The first-order valence-electron chi connectivity index (χ1n) is 9.74. The average molecular weight is 449 g/mol. The quantitative estimate of drug-likeness (QED) is 0.314. The van der Waals surface area contributed by atoms with Crippen LogP contribution in [0.15, 0.2) is 65.3 Å². The molecule has 4 rings (SSSR count). The van der Waals surface area contributed by atoms with Crippen molar-refractivity contribution in [2.75, 3.05) is 5.32 Å². The molecule has 0 saturated carbocycles. The number of carbonyl (C=O) groups is 1. The zero-order valence-electron chi connectivity index (χ0n) is 16.8. The Hall–Kier alpha value is -3.36. The molecular formula is C23H20N4O2S2. The number of allylic oxidation sites excluding steroid dienone is 1. The molecule has 6 nitrogen and oxygen atoms in total. The van der Waals surface area contributed by atoms with Crippen LogP contribution in [-0.2, 0) is 13.0 Å². The number of nitrogens with zero attached hydrogens (tertiary/aromatic N) is 2. The number of hydrogen-bond acceptors (Lipinski definition) is 5. The van der Waals surface area contributed by atoms with Gasteiger partial charge in [-0.3, -0.25) is 19.5 Å². The number of nitrogens with one attached hydrogen (secondary N) is 2. The van der Waals surface area contributed by atoms with Crippen LogP contribution in [0.25, 0.3) is 22.2 Å². The highest BCUT2D eigenvalue weighted by Gasteiger charge is 2.13. The van der Waals surface area contributed by atoms with Crippen molar-refractivity contribution in [3.05, 3.63) is 86.8 Å². The molecule has 0 radical (unpaired) electrons. The second-order valence-corrected chi connectivity index (χ2v) is 8.18. The van der Waals surface area contributed by atoms with Gasteiger partial charge in [-0.25, -0.2) is 4.98 Å². The molecule has 0 bridgehead atoms. The minimum Gasteiger partial charge on any atom is -0.332 e. The van der Waals surface area contributed by atoms with Crippen LogP contribution < -0.4 is 10.9 Å². The van der Waals surface area contributed by atoms with Crippen molar-refractivity contribution in [1.29, 1.82) is 0 Å². The summed E-state index contributed by atoms with van der Waals surface area (Å²) in [5, 5.41) is 5.71. The van der Waals surface area contributed by atoms with Gasteiger partial charge < -0.3 is 4.98 Å². The summed E-state index contributed by atoms with van der Waals surface area (Å²) >= 11 is 6.62. The Morgan fingerprint density at radius 2 is 2.06 bits per heavy atom. The van der Waals surface area contributed by atoms with Gasteiger partial charge >= 0.3 is 0 Å². The molecule has 2 heterocycles. The van der Waals surface area contributed by atoms with Crippen LogP contribution in [0.1, 0.15) is 22.8 Å². The Bertz CT molecular complexity index is 1400. The third-order valence-corrected chi connectivity index (χ3v) is 6.02. The first-order valence-corrected chi connectivity index (χ1v) is 11.0. The van der Waals surface area contributed by atoms with Crippen molar-refractivity contribution in [2.24, 2.45) is 0 Å². The summed E-state index contributed by atoms with van der Waals surface area (Å²) < 4.78 is 1.71. The summed E-state index contributed by atoms with van der Waals surface area (Å²) in [4.78, 5) is 32.9. The topological polar surface area (TPSA) is 79.8 Å². The fourth-order valence-electron chi connectivity index (χ4n) is 3.23. The minimum absolute atomic E-state index is 0.218. The lowest BCUT2D eigenvalue weighted by molar-refractivity contribution is 0.102. The van der Waals surface area contributed by atoms with Gasteiger partial charge in [0.1, 0.15) is 0 Å². The molecule has 2 aromatic heterocycles. The van der Waals surface area contributed by atoms with Crippen molar-refractivity contribution < 1.29 is 4.79 Å². The molecular weight excluding hydrogens is 428 g/mol. The van der Waals surface area contributed by atoms with E-state index in [0.29, 0.717) is 28.1 Å². The van der Waals surface area contributed by atoms with E-state index in [4.69, 9.17) is 12.2 Å². The molecule has 0 unspecified atom stereocenters. The van der Waals surface area contributed by atoms with Crippen molar-refractivity contribution in [2.45, 2.75) is 19.9 Å². The van der Waals surface area contributed by atoms with Gasteiger partial charge in [0.15, 0.2) is 9.90 Å². The summed E-state index contributed by atoms with van der Waals surface area (Å²) in [6.45, 7) is 6.08. The number of thiazole rings is 1. The summed E-state index contributed by atoms with van der Waals surface area (Å²) in [6, 6.07) is 13.1. The van der Waals surface area contributed by atoms with Crippen molar-refractivity contribution in [1.82, 2.24) is 14.5 Å². The zero-order valence-corrected chi connectivity index (χ0v) is 18.5. The van der Waals surface area contributed by atoms with E-state index in [1.165, 1.54) is 21.5 Å². The number of hydrogen-bond donors (Lipinski definition) is 2. The maximum atomic E-state index is 12.7. The Morgan fingerprint density at radius 1 is 1.29 bits per heavy atom. The number of aromatic amines is 1. The molecule has 0 aliphatic heterocycles. The molecule has 2 aromatic carbocycles. The Morgan fingerprint density at radius 3 is 2.77 bits per heavy atom. The zero-order chi connectivity index (χ0) is 22.0. The second-order valence-electron chi connectivity index (χ2n) is 6.94. The maximum absolute atomic E-state index is 12.7. The summed E-state index contributed by atoms with van der Waals surface area (Å²) in [5.74, 6) is -0.307. The van der Waals surface area contributed by atoms with Crippen molar-refractivity contribution in [3.8, 4) is 11.3 Å². The highest BCUT2D eigenvalue weighted by Crippen LogP contribution is 2.26. The molecule has 4 aromatic rings. The Labute approximate surface area is 187 Å². The van der Waals surface area contributed by atoms with E-state index < -0.39 is 0 Å². The monoisotopic (exact) mass is 448 g/mol. The van der Waals surface area contributed by atoms with E-state index in [1.54, 1.807) is 24.3 Å². The molecule has 0 spiro atoms. The van der Waals surface area contributed by atoms with Crippen molar-refractivity contribution >= 4 is 45.5 Å². The van der Waals surface area contributed by atoms with Gasteiger partial charge in [-0.2, -0.15) is 0 Å². The van der Waals surface area contributed by atoms with Crippen LogP contribution in [0.5, 0.6) is 0 Å². The van der Waals surface area contributed by atoms with Gasteiger partial charge in [-0.1, -0.05) is 37.3 Å². The molecule has 0 aliphatic carbocycles. The number of amides is 1. The van der Waals surface area contributed by atoms with E-state index in [2.05, 4.69) is 40.9 Å². The SMILES string of the molecule is C=CCn1c(=S)[nH]c2cc(C(=O)Nc3nc(-c4ccc(CC)cc4)cs3)ccc2c1=O. The standard InChI is InChI=1S/C23H20N4O2S2/c1-3-11-27-21(29)17-10-9-16(12-18(17)25-23(27)30)20(28)26-22-24-19(13-31-22)15-7-5-14(4-2)6-8-15/h3,5-10,12-13H,1,4,11H2,2H3,(H,25,30)(H,24,26,28). The smallest absolute Gasteiger partial charge is 0.262 e. The first-order chi connectivity index (χ1) is 15.0. The first kappa shape index (κ1) is 20.9. The highest BCUT2D eigenvalue weighted by atomic mass is 32.1. The van der Waals surface area contributed by atoms with Crippen LogP contribution in [0.2, 0.25) is 0 Å². The van der Waals surface area contributed by atoms with Gasteiger partial charge in [0.25, 0.3) is 11.5 Å². The molecule has 8 heteroatoms. The third-order valence-electron chi connectivity index (χ3n) is 4.94. The number of anilines is 1. The fraction of sp³-hybridized carbons (Fsp3) is 0.130. The maximum Gasteiger partial charge on any atom is 0.262 e. The van der Waals surface area contributed by atoms with Crippen LogP contribution in [0.4, 0.5) is 5.13 Å². The summed E-state index contributed by atoms with van der Waals surface area (Å²) in [7, 11) is 0. The second kappa shape index (κ2) is 8.79. The number of benzene rings is 2. The number of aryl methyl sites for hydroxylation is 1. The van der Waals surface area contributed by atoms with E-state index in [0.717, 1.165) is 17.7 Å². The molecule has 0 aliphatic rings. The number of carbonyl (C=O) groups excluding carboxylic acids is 1. The van der Waals surface area contributed by atoms with Gasteiger partial charge in [0.2, 0.25) is 0 Å². The van der Waals surface area contributed by atoms with Gasteiger partial charge in [0, 0.05) is 23.1 Å². The van der Waals surface area contributed by atoms with E-state index in [1.807, 2.05) is 17.5 Å². The van der Waals surface area contributed by atoms with Crippen molar-refractivity contribution in [3.63, 3.8) is 0 Å². The lowest BCUT2D eigenvalue weighted by Gasteiger charge is -2.07. The van der Waals surface area contributed by atoms with Gasteiger partial charge in [-0.05, 0) is 42.4 Å². The largest absolute Gasteiger partial charge is 0.332 e. The van der Waals surface area contributed by atoms with Crippen LogP contribution in [0.3, 0.4) is 0 Å². The Kier molecular flexibility index (Phi) is 5.92. The Balaban J connectivity index is 1.58. The number of aromatic nitrogens is 3. The van der Waals surface area contributed by atoms with E-state index in [-0.39, 0.29) is 16.2 Å². The number of H-pyrrole nitrogens is 1. The minimum atomic E-state index is -0.307. The molecule has 0 saturated heterocycles. The van der Waals surface area contributed by atoms with Crippen LogP contribution in [-0.4, -0.2) is 20.4 Å². The lowest BCUT2D eigenvalue weighted by atomic mass is 10.1. The van der Waals surface area contributed by atoms with Crippen LogP contribution >= 0.6 is 23.6 Å². The fourth-order valence-corrected chi connectivity index (χ4v) is 4.22.